The molecule has 0 bridgehead atoms. The van der Waals surface area contributed by atoms with Crippen molar-refractivity contribution in [3.05, 3.63) is 52.3 Å². The zero-order valence-electron chi connectivity index (χ0n) is 19.6. The Morgan fingerprint density at radius 1 is 1.13 bits per heavy atom. The van der Waals surface area contributed by atoms with Gasteiger partial charge in [-0.25, -0.2) is 0 Å². The van der Waals surface area contributed by atoms with Crippen molar-refractivity contribution >= 4 is 11.8 Å². The van der Waals surface area contributed by atoms with Crippen LogP contribution in [0.1, 0.15) is 59.1 Å². The summed E-state index contributed by atoms with van der Waals surface area (Å²) >= 11 is 0. The maximum atomic E-state index is 12.8. The van der Waals surface area contributed by atoms with E-state index in [-0.39, 0.29) is 11.8 Å². The minimum absolute atomic E-state index is 0.0703. The Morgan fingerprint density at radius 2 is 1.77 bits per heavy atom. The maximum absolute atomic E-state index is 12.8. The van der Waals surface area contributed by atoms with E-state index >= 15 is 0 Å². The highest BCUT2D eigenvalue weighted by molar-refractivity contribution is 5.94. The summed E-state index contributed by atoms with van der Waals surface area (Å²) in [5, 5.41) is 4.47. The van der Waals surface area contributed by atoms with Gasteiger partial charge in [0.2, 0.25) is 5.91 Å². The van der Waals surface area contributed by atoms with E-state index in [1.54, 1.807) is 6.92 Å². The van der Waals surface area contributed by atoms with Crippen LogP contribution in [-0.2, 0) is 24.7 Å². The molecule has 0 N–H and O–H groups in total. The largest absolute Gasteiger partial charge is 0.343 e. The van der Waals surface area contributed by atoms with E-state index < -0.39 is 0 Å². The van der Waals surface area contributed by atoms with Crippen LogP contribution in [0.5, 0.6) is 0 Å². The Kier molecular flexibility index (Phi) is 7.52. The van der Waals surface area contributed by atoms with Gasteiger partial charge < -0.3 is 9.80 Å². The third kappa shape index (κ3) is 5.75. The summed E-state index contributed by atoms with van der Waals surface area (Å²) in [6.07, 6.45) is 4.98. The van der Waals surface area contributed by atoms with Crippen LogP contribution >= 0.6 is 0 Å². The molecule has 0 unspecified atom stereocenters. The van der Waals surface area contributed by atoms with Crippen LogP contribution in [0.2, 0.25) is 0 Å². The van der Waals surface area contributed by atoms with Gasteiger partial charge in [0.05, 0.1) is 5.69 Å². The molecule has 2 amide bonds. The maximum Gasteiger partial charge on any atom is 0.253 e. The van der Waals surface area contributed by atoms with E-state index in [4.69, 9.17) is 0 Å². The lowest BCUT2D eigenvalue weighted by Gasteiger charge is -2.31. The second kappa shape index (κ2) is 10.1. The number of nitrogens with zero attached hydrogens (tertiary/aromatic N) is 4. The zero-order valence-corrected chi connectivity index (χ0v) is 19.6. The molecule has 31 heavy (non-hydrogen) atoms. The zero-order chi connectivity index (χ0) is 22.5. The first-order valence-corrected chi connectivity index (χ1v) is 11.3. The first-order chi connectivity index (χ1) is 14.8. The lowest BCUT2D eigenvalue weighted by Crippen LogP contribution is -2.37. The number of rotatable bonds is 7. The molecule has 1 aliphatic rings. The number of aryl methyl sites for hydroxylation is 2. The number of amides is 2. The van der Waals surface area contributed by atoms with Gasteiger partial charge in [-0.3, -0.25) is 14.3 Å². The minimum atomic E-state index is 0.0703. The van der Waals surface area contributed by atoms with Gasteiger partial charge >= 0.3 is 0 Å². The highest BCUT2D eigenvalue weighted by Gasteiger charge is 2.21. The molecule has 1 aromatic carbocycles. The number of piperidine rings is 1. The third-order valence-corrected chi connectivity index (χ3v) is 6.71. The normalized spacial score (nSPS) is 14.7. The number of likely N-dealkylation sites (tertiary alicyclic amines) is 1. The van der Waals surface area contributed by atoms with Crippen LogP contribution in [0.25, 0.3) is 0 Å². The molecule has 6 heteroatoms. The van der Waals surface area contributed by atoms with Gasteiger partial charge in [0.25, 0.3) is 5.91 Å². The molecule has 168 valence electrons. The van der Waals surface area contributed by atoms with Crippen molar-refractivity contribution in [3.8, 4) is 0 Å². The first-order valence-electron chi connectivity index (χ1n) is 11.3. The monoisotopic (exact) mass is 424 g/mol. The Balaban J connectivity index is 1.47. The van der Waals surface area contributed by atoms with Gasteiger partial charge in [-0.05, 0) is 75.1 Å². The second-order valence-corrected chi connectivity index (χ2v) is 8.95. The minimum Gasteiger partial charge on any atom is -0.343 e. The quantitative estimate of drug-likeness (QED) is 0.683. The molecule has 1 aliphatic heterocycles. The van der Waals surface area contributed by atoms with Crippen LogP contribution in [0.4, 0.5) is 0 Å². The van der Waals surface area contributed by atoms with E-state index in [0.29, 0.717) is 5.92 Å². The van der Waals surface area contributed by atoms with Gasteiger partial charge in [-0.2, -0.15) is 5.10 Å². The molecule has 1 fully saturated rings. The van der Waals surface area contributed by atoms with Crippen LogP contribution in [-0.4, -0.2) is 58.1 Å². The summed E-state index contributed by atoms with van der Waals surface area (Å²) in [6.45, 7) is 8.24. The fourth-order valence-corrected chi connectivity index (χ4v) is 4.56. The van der Waals surface area contributed by atoms with Gasteiger partial charge in [-0.1, -0.05) is 12.1 Å². The molecular weight excluding hydrogens is 388 g/mol. The molecule has 2 aromatic rings. The van der Waals surface area contributed by atoms with Crippen molar-refractivity contribution in [1.29, 1.82) is 0 Å². The molecule has 0 spiro atoms. The second-order valence-electron chi connectivity index (χ2n) is 8.95. The number of carbonyl (C=O) groups excluding carboxylic acids is 2. The van der Waals surface area contributed by atoms with Crippen LogP contribution in [0, 0.1) is 19.8 Å². The Morgan fingerprint density at radius 3 is 2.32 bits per heavy atom. The van der Waals surface area contributed by atoms with Crippen molar-refractivity contribution in [2.45, 2.75) is 52.9 Å². The van der Waals surface area contributed by atoms with Crippen LogP contribution in [0.15, 0.2) is 24.3 Å². The summed E-state index contributed by atoms with van der Waals surface area (Å²) < 4.78 is 1.92. The SMILES string of the molecule is CC(=O)N1CCC(Cc2ccc(C(=O)N(C)CCCc3c(C)nn(C)c3C)cc2)CC1. The lowest BCUT2D eigenvalue weighted by molar-refractivity contribution is -0.130. The van der Waals surface area contributed by atoms with Gasteiger partial charge in [0.15, 0.2) is 0 Å². The van der Waals surface area contributed by atoms with Crippen molar-refractivity contribution in [1.82, 2.24) is 19.6 Å². The number of hydrogen-bond acceptors (Lipinski definition) is 3. The number of aromatic nitrogens is 2. The molecule has 6 nitrogen and oxygen atoms in total. The number of carbonyl (C=O) groups is 2. The fourth-order valence-electron chi connectivity index (χ4n) is 4.56. The average Bonchev–Trinajstić information content (AvgIpc) is 3.00. The van der Waals surface area contributed by atoms with E-state index in [9.17, 15) is 9.59 Å². The Bertz CT molecular complexity index is 908. The van der Waals surface area contributed by atoms with Gasteiger partial charge in [0.1, 0.15) is 0 Å². The van der Waals surface area contributed by atoms with Gasteiger partial charge in [-0.15, -0.1) is 0 Å². The molecule has 0 aliphatic carbocycles. The summed E-state index contributed by atoms with van der Waals surface area (Å²) in [6, 6.07) is 8.07. The fraction of sp³-hybridized carbons (Fsp3) is 0.560. The molecular formula is C25H36N4O2. The van der Waals surface area contributed by atoms with Crippen LogP contribution < -0.4 is 0 Å². The number of benzene rings is 1. The smallest absolute Gasteiger partial charge is 0.253 e. The molecule has 1 saturated heterocycles. The summed E-state index contributed by atoms with van der Waals surface area (Å²) in [7, 11) is 3.85. The standard InChI is InChI=1S/C25H36N4O2/c1-18-24(19(2)28(5)26-18)7-6-14-27(4)25(31)23-10-8-21(9-11-23)17-22-12-15-29(16-13-22)20(3)30/h8-11,22H,6-7,12-17H2,1-5H3. The summed E-state index contributed by atoms with van der Waals surface area (Å²) in [5.74, 6) is 0.858. The highest BCUT2D eigenvalue weighted by atomic mass is 16.2. The van der Waals surface area contributed by atoms with Crippen molar-refractivity contribution in [3.63, 3.8) is 0 Å². The lowest BCUT2D eigenvalue weighted by atomic mass is 9.90. The van der Waals surface area contributed by atoms with Crippen molar-refractivity contribution in [2.24, 2.45) is 13.0 Å². The van der Waals surface area contributed by atoms with Crippen molar-refractivity contribution in [2.75, 3.05) is 26.7 Å². The molecule has 2 heterocycles. The Hall–Kier alpha value is -2.63. The third-order valence-electron chi connectivity index (χ3n) is 6.71. The van der Waals surface area contributed by atoms with Crippen molar-refractivity contribution < 1.29 is 9.59 Å². The van der Waals surface area contributed by atoms with Crippen LogP contribution in [0.3, 0.4) is 0 Å². The molecule has 0 radical (unpaired) electrons. The summed E-state index contributed by atoms with van der Waals surface area (Å²) in [4.78, 5) is 28.0. The molecule has 0 saturated carbocycles. The molecule has 0 atom stereocenters. The van der Waals surface area contributed by atoms with Gasteiger partial charge in [0, 0.05) is 51.9 Å². The highest BCUT2D eigenvalue weighted by Crippen LogP contribution is 2.22. The summed E-state index contributed by atoms with van der Waals surface area (Å²) in [5.41, 5.74) is 5.59. The van der Waals surface area contributed by atoms with E-state index in [1.165, 1.54) is 16.8 Å². The Labute approximate surface area is 186 Å². The predicted molar refractivity (Wildman–Crippen MR) is 123 cm³/mol. The van der Waals surface area contributed by atoms with E-state index in [1.807, 2.05) is 47.6 Å². The molecule has 1 aromatic heterocycles. The predicted octanol–water partition coefficient (Wildman–Crippen LogP) is 3.54. The van der Waals surface area contributed by atoms with E-state index in [0.717, 1.165) is 63.0 Å². The topological polar surface area (TPSA) is 58.4 Å². The number of hydrogen-bond donors (Lipinski definition) is 0. The van der Waals surface area contributed by atoms with E-state index in [2.05, 4.69) is 24.2 Å². The molecule has 3 rings (SSSR count). The average molecular weight is 425 g/mol. The first kappa shape index (κ1) is 23.0.